The largest absolute Gasteiger partial charge is 0.380 e. The fourth-order valence-corrected chi connectivity index (χ4v) is 1.03. The highest BCUT2D eigenvalue weighted by molar-refractivity contribution is 4.99. The summed E-state index contributed by atoms with van der Waals surface area (Å²) < 4.78 is 7.08. The van der Waals surface area contributed by atoms with Gasteiger partial charge >= 0.3 is 0 Å². The summed E-state index contributed by atoms with van der Waals surface area (Å²) in [6.45, 7) is 4.75. The average molecular weight is 169 g/mol. The first-order valence-electron chi connectivity index (χ1n) is 4.17. The Labute approximate surface area is 72.3 Å². The summed E-state index contributed by atoms with van der Waals surface area (Å²) in [7, 11) is 0. The highest BCUT2D eigenvalue weighted by Crippen LogP contribution is 1.96. The first-order valence-corrected chi connectivity index (χ1v) is 4.17. The van der Waals surface area contributed by atoms with Crippen molar-refractivity contribution in [1.29, 1.82) is 0 Å². The molecule has 0 saturated carbocycles. The Hall–Kier alpha value is -0.870. The maximum Gasteiger partial charge on any atom is 0.0662 e. The van der Waals surface area contributed by atoms with Crippen LogP contribution in [0.4, 0.5) is 0 Å². The summed E-state index contributed by atoms with van der Waals surface area (Å²) in [5.74, 6) is 0. The molecule has 1 aromatic rings. The Bertz CT molecular complexity index is 222. The van der Waals surface area contributed by atoms with E-state index >= 15 is 0 Å². The van der Waals surface area contributed by atoms with E-state index in [9.17, 15) is 0 Å². The van der Waals surface area contributed by atoms with Gasteiger partial charge in [0.25, 0.3) is 0 Å². The Morgan fingerprint density at radius 1 is 1.67 bits per heavy atom. The molecule has 0 spiro atoms. The summed E-state index contributed by atoms with van der Waals surface area (Å²) in [4.78, 5) is 0. The lowest BCUT2D eigenvalue weighted by Crippen LogP contribution is -2.12. The van der Waals surface area contributed by atoms with Crippen molar-refractivity contribution in [3.8, 4) is 0 Å². The molecule has 68 valence electrons. The van der Waals surface area contributed by atoms with Crippen molar-refractivity contribution < 1.29 is 4.74 Å². The van der Waals surface area contributed by atoms with Crippen LogP contribution in [0.25, 0.3) is 0 Å². The molecule has 0 fully saturated rings. The van der Waals surface area contributed by atoms with E-state index in [1.807, 2.05) is 17.7 Å². The second-order valence-electron chi connectivity index (χ2n) is 2.45. The minimum Gasteiger partial charge on any atom is -0.380 e. The van der Waals surface area contributed by atoms with Crippen molar-refractivity contribution in [3.63, 3.8) is 0 Å². The lowest BCUT2D eigenvalue weighted by atomic mass is 10.4. The highest BCUT2D eigenvalue weighted by atomic mass is 16.5. The van der Waals surface area contributed by atoms with E-state index in [4.69, 9.17) is 10.5 Å². The summed E-state index contributed by atoms with van der Waals surface area (Å²) in [5.41, 5.74) is 6.55. The van der Waals surface area contributed by atoms with Crippen LogP contribution in [0.1, 0.15) is 12.6 Å². The molecular formula is C8H15N3O. The van der Waals surface area contributed by atoms with Crippen LogP contribution in [0, 0.1) is 0 Å². The third kappa shape index (κ3) is 2.32. The van der Waals surface area contributed by atoms with Gasteiger partial charge in [-0.2, -0.15) is 5.10 Å². The molecule has 0 aliphatic rings. The quantitative estimate of drug-likeness (QED) is 0.648. The Balaban J connectivity index is 2.39. The normalized spacial score (nSPS) is 10.5. The fraction of sp³-hybridized carbons (Fsp3) is 0.625. The van der Waals surface area contributed by atoms with Gasteiger partial charge in [-0.3, -0.25) is 4.68 Å². The molecule has 0 atom stereocenters. The SMILES string of the molecule is CCOCCn1nccc1CN. The highest BCUT2D eigenvalue weighted by Gasteiger charge is 1.98. The molecule has 12 heavy (non-hydrogen) atoms. The van der Waals surface area contributed by atoms with Crippen molar-refractivity contribution in [1.82, 2.24) is 9.78 Å². The summed E-state index contributed by atoms with van der Waals surface area (Å²) in [6, 6.07) is 1.92. The van der Waals surface area contributed by atoms with Gasteiger partial charge in [-0.15, -0.1) is 0 Å². The number of ether oxygens (including phenoxy) is 1. The molecule has 2 N–H and O–H groups in total. The predicted molar refractivity (Wildman–Crippen MR) is 46.6 cm³/mol. The first-order chi connectivity index (χ1) is 5.88. The summed E-state index contributed by atoms with van der Waals surface area (Å²) in [5, 5.41) is 4.12. The smallest absolute Gasteiger partial charge is 0.0662 e. The van der Waals surface area contributed by atoms with Gasteiger partial charge in [0, 0.05) is 19.3 Å². The Morgan fingerprint density at radius 3 is 3.17 bits per heavy atom. The van der Waals surface area contributed by atoms with E-state index in [1.165, 1.54) is 0 Å². The molecule has 0 amide bonds. The zero-order valence-electron chi connectivity index (χ0n) is 7.36. The number of hydrogen-bond donors (Lipinski definition) is 1. The van der Waals surface area contributed by atoms with Crippen LogP contribution < -0.4 is 5.73 Å². The molecule has 4 nitrogen and oxygen atoms in total. The zero-order chi connectivity index (χ0) is 8.81. The third-order valence-corrected chi connectivity index (χ3v) is 1.67. The van der Waals surface area contributed by atoms with Crippen molar-refractivity contribution in [2.75, 3.05) is 13.2 Å². The zero-order valence-corrected chi connectivity index (χ0v) is 7.36. The first kappa shape index (κ1) is 9.22. The average Bonchev–Trinajstić information content (AvgIpc) is 2.52. The third-order valence-electron chi connectivity index (χ3n) is 1.67. The minimum absolute atomic E-state index is 0.534. The lowest BCUT2D eigenvalue weighted by Gasteiger charge is -2.04. The molecule has 4 heteroatoms. The van der Waals surface area contributed by atoms with E-state index < -0.39 is 0 Å². The number of rotatable bonds is 5. The molecule has 0 bridgehead atoms. The monoisotopic (exact) mass is 169 g/mol. The van der Waals surface area contributed by atoms with E-state index in [0.29, 0.717) is 13.2 Å². The number of nitrogens with zero attached hydrogens (tertiary/aromatic N) is 2. The molecule has 1 rings (SSSR count). The molecule has 1 heterocycles. The topological polar surface area (TPSA) is 53.1 Å². The molecule has 0 aliphatic carbocycles. The number of aromatic nitrogens is 2. The van der Waals surface area contributed by atoms with Crippen LogP contribution in [0.3, 0.4) is 0 Å². The number of nitrogens with two attached hydrogens (primary N) is 1. The lowest BCUT2D eigenvalue weighted by molar-refractivity contribution is 0.135. The van der Waals surface area contributed by atoms with Gasteiger partial charge in [-0.05, 0) is 13.0 Å². The van der Waals surface area contributed by atoms with Crippen LogP contribution in [0.2, 0.25) is 0 Å². The second kappa shape index (κ2) is 4.90. The van der Waals surface area contributed by atoms with Crippen molar-refractivity contribution >= 4 is 0 Å². The molecular weight excluding hydrogens is 154 g/mol. The van der Waals surface area contributed by atoms with Gasteiger partial charge < -0.3 is 10.5 Å². The van der Waals surface area contributed by atoms with Crippen LogP contribution in [-0.2, 0) is 17.8 Å². The van der Waals surface area contributed by atoms with Gasteiger partial charge in [-0.1, -0.05) is 0 Å². The molecule has 0 aliphatic heterocycles. The van der Waals surface area contributed by atoms with Crippen LogP contribution >= 0.6 is 0 Å². The molecule has 0 unspecified atom stereocenters. The van der Waals surface area contributed by atoms with E-state index in [1.54, 1.807) is 6.20 Å². The maximum atomic E-state index is 5.50. The predicted octanol–water partition coefficient (Wildman–Crippen LogP) is 0.378. The number of hydrogen-bond acceptors (Lipinski definition) is 3. The van der Waals surface area contributed by atoms with E-state index in [-0.39, 0.29) is 0 Å². The van der Waals surface area contributed by atoms with Crippen LogP contribution in [0.15, 0.2) is 12.3 Å². The van der Waals surface area contributed by atoms with Gasteiger partial charge in [0.15, 0.2) is 0 Å². The summed E-state index contributed by atoms with van der Waals surface area (Å²) >= 11 is 0. The summed E-state index contributed by atoms with van der Waals surface area (Å²) in [6.07, 6.45) is 1.76. The molecule has 1 aromatic heterocycles. The molecule has 0 aromatic carbocycles. The minimum atomic E-state index is 0.534. The van der Waals surface area contributed by atoms with E-state index in [2.05, 4.69) is 5.10 Å². The van der Waals surface area contributed by atoms with Gasteiger partial charge in [0.2, 0.25) is 0 Å². The maximum absolute atomic E-state index is 5.50. The Kier molecular flexibility index (Phi) is 3.76. The van der Waals surface area contributed by atoms with Crippen LogP contribution in [-0.4, -0.2) is 23.0 Å². The van der Waals surface area contributed by atoms with E-state index in [0.717, 1.165) is 18.8 Å². The fourth-order valence-electron chi connectivity index (χ4n) is 1.03. The van der Waals surface area contributed by atoms with Crippen molar-refractivity contribution in [3.05, 3.63) is 18.0 Å². The standard InChI is InChI=1S/C8H15N3O/c1-2-12-6-5-11-8(7-9)3-4-10-11/h3-4H,2,5-7,9H2,1H3. The second-order valence-corrected chi connectivity index (χ2v) is 2.45. The molecule has 0 saturated heterocycles. The Morgan fingerprint density at radius 2 is 2.50 bits per heavy atom. The van der Waals surface area contributed by atoms with Gasteiger partial charge in [0.05, 0.1) is 18.8 Å². The van der Waals surface area contributed by atoms with Crippen LogP contribution in [0.5, 0.6) is 0 Å². The van der Waals surface area contributed by atoms with Gasteiger partial charge in [0.1, 0.15) is 0 Å². The van der Waals surface area contributed by atoms with Crippen molar-refractivity contribution in [2.24, 2.45) is 5.73 Å². The van der Waals surface area contributed by atoms with Crippen molar-refractivity contribution in [2.45, 2.75) is 20.0 Å². The van der Waals surface area contributed by atoms with Gasteiger partial charge in [-0.25, -0.2) is 0 Å². The molecule has 0 radical (unpaired) electrons.